The Morgan fingerprint density at radius 2 is 1.25 bits per heavy atom. The van der Waals surface area contributed by atoms with E-state index in [2.05, 4.69) is 75.8 Å². The second-order valence-corrected chi connectivity index (χ2v) is 10.9. The first-order valence-corrected chi connectivity index (χ1v) is 14.5. The first-order chi connectivity index (χ1) is 19.5. The molecule has 0 bridgehead atoms. The average molecular weight is 540 g/mol. The lowest BCUT2D eigenvalue weighted by Gasteiger charge is -2.36. The molecule has 0 unspecified atom stereocenters. The summed E-state index contributed by atoms with van der Waals surface area (Å²) in [5.74, 6) is 0.331. The molecule has 210 valence electrons. The van der Waals surface area contributed by atoms with Gasteiger partial charge in [-0.25, -0.2) is 0 Å². The normalized spacial score (nSPS) is 17.1. The Balaban J connectivity index is 1.17. The predicted molar refractivity (Wildman–Crippen MR) is 160 cm³/mol. The Bertz CT molecular complexity index is 1220. The number of benzene rings is 3. The number of anilines is 1. The summed E-state index contributed by atoms with van der Waals surface area (Å²) in [5.41, 5.74) is 4.81. The van der Waals surface area contributed by atoms with Gasteiger partial charge >= 0.3 is 0 Å². The number of hydrogen-bond donors (Lipinski definition) is 1. The van der Waals surface area contributed by atoms with Crippen LogP contribution in [-0.2, 0) is 29.1 Å². The molecule has 7 nitrogen and oxygen atoms in total. The monoisotopic (exact) mass is 539 g/mol. The minimum atomic E-state index is -0.276. The molecule has 7 heteroatoms. The Morgan fingerprint density at radius 1 is 0.675 bits per heavy atom. The van der Waals surface area contributed by atoms with E-state index in [0.29, 0.717) is 13.0 Å². The Morgan fingerprint density at radius 3 is 1.85 bits per heavy atom. The van der Waals surface area contributed by atoms with Crippen LogP contribution in [-0.4, -0.2) is 84.9 Å². The largest absolute Gasteiger partial charge is 0.368 e. The molecule has 2 fully saturated rings. The van der Waals surface area contributed by atoms with Crippen molar-refractivity contribution in [2.75, 3.05) is 57.3 Å². The molecule has 40 heavy (non-hydrogen) atoms. The summed E-state index contributed by atoms with van der Waals surface area (Å²) < 4.78 is 0. The van der Waals surface area contributed by atoms with Crippen LogP contribution in [0.3, 0.4) is 0 Å². The van der Waals surface area contributed by atoms with Gasteiger partial charge in [0, 0.05) is 78.1 Å². The molecule has 5 rings (SSSR count). The summed E-state index contributed by atoms with van der Waals surface area (Å²) in [6.45, 7) is 9.72. The molecule has 0 aromatic heterocycles. The fourth-order valence-corrected chi connectivity index (χ4v) is 5.63. The molecule has 2 aliphatic heterocycles. The molecule has 2 amide bonds. The zero-order chi connectivity index (χ0) is 27.7. The molecule has 3 aromatic carbocycles. The molecular weight excluding hydrogens is 498 g/mol. The van der Waals surface area contributed by atoms with Gasteiger partial charge < -0.3 is 20.0 Å². The van der Waals surface area contributed by atoms with Crippen molar-refractivity contribution in [3.05, 3.63) is 102 Å². The molecule has 1 atom stereocenters. The topological polar surface area (TPSA) is 59.1 Å². The second kappa shape index (κ2) is 13.6. The van der Waals surface area contributed by atoms with Crippen LogP contribution in [0.1, 0.15) is 23.6 Å². The first kappa shape index (κ1) is 27.9. The number of carbonyl (C=O) groups is 2. The number of rotatable bonds is 9. The van der Waals surface area contributed by atoms with Crippen molar-refractivity contribution in [3.8, 4) is 0 Å². The predicted octanol–water partition coefficient (Wildman–Crippen LogP) is 3.40. The number of nitrogens with zero attached hydrogens (tertiary/aromatic N) is 4. The van der Waals surface area contributed by atoms with E-state index in [4.69, 9.17) is 0 Å². The molecule has 0 spiro atoms. The molecule has 1 N–H and O–H groups in total. The number of piperazine rings is 2. The maximum Gasteiger partial charge on any atom is 0.240 e. The van der Waals surface area contributed by atoms with Gasteiger partial charge in [0.2, 0.25) is 11.8 Å². The summed E-state index contributed by atoms with van der Waals surface area (Å²) in [6.07, 6.45) is 0.669. The SMILES string of the molecule is CC(=O)N1CCN(c2ccc(CN[C@@H](Cc3ccccc3)C(=O)N3CCN(Cc4ccccc4)CC3)cc2)CC1. The fraction of sp³-hybridized carbons (Fsp3) is 0.394. The van der Waals surface area contributed by atoms with E-state index in [1.54, 1.807) is 6.92 Å². The smallest absolute Gasteiger partial charge is 0.240 e. The standard InChI is InChI=1S/C33H41N5O2/c1-27(39)36-20-22-37(23-21-36)31-14-12-29(13-15-31)25-34-32(24-28-8-4-2-5-9-28)33(40)38-18-16-35(17-19-38)26-30-10-6-3-7-11-30/h2-15,32,34H,16-26H2,1H3/t32-/m0/s1. The third-order valence-corrected chi connectivity index (χ3v) is 8.09. The summed E-state index contributed by atoms with van der Waals surface area (Å²) >= 11 is 0. The summed E-state index contributed by atoms with van der Waals surface area (Å²) in [6, 6.07) is 29.1. The van der Waals surface area contributed by atoms with Crippen LogP contribution in [0.15, 0.2) is 84.9 Å². The molecule has 3 aromatic rings. The molecule has 2 saturated heterocycles. The van der Waals surface area contributed by atoms with Gasteiger partial charge in [0.25, 0.3) is 0 Å². The van der Waals surface area contributed by atoms with Gasteiger partial charge in [0.05, 0.1) is 6.04 Å². The van der Waals surface area contributed by atoms with E-state index >= 15 is 0 Å². The van der Waals surface area contributed by atoms with Crippen molar-refractivity contribution in [3.63, 3.8) is 0 Å². The molecule has 2 heterocycles. The summed E-state index contributed by atoms with van der Waals surface area (Å²) in [4.78, 5) is 34.1. The van der Waals surface area contributed by atoms with Gasteiger partial charge in [-0.2, -0.15) is 0 Å². The Kier molecular flexibility index (Phi) is 9.47. The lowest BCUT2D eigenvalue weighted by Crippen LogP contribution is -2.54. The first-order valence-electron chi connectivity index (χ1n) is 14.5. The van der Waals surface area contributed by atoms with E-state index in [-0.39, 0.29) is 17.9 Å². The van der Waals surface area contributed by atoms with E-state index < -0.39 is 0 Å². The van der Waals surface area contributed by atoms with Gasteiger partial charge in [-0.1, -0.05) is 72.8 Å². The van der Waals surface area contributed by atoms with Crippen molar-refractivity contribution >= 4 is 17.5 Å². The van der Waals surface area contributed by atoms with E-state index in [1.165, 1.54) is 11.3 Å². The number of hydrogen-bond acceptors (Lipinski definition) is 5. The number of amides is 2. The van der Waals surface area contributed by atoms with Crippen LogP contribution in [0.5, 0.6) is 0 Å². The highest BCUT2D eigenvalue weighted by Gasteiger charge is 2.27. The van der Waals surface area contributed by atoms with E-state index in [9.17, 15) is 9.59 Å². The molecule has 2 aliphatic rings. The van der Waals surface area contributed by atoms with Crippen LogP contribution < -0.4 is 10.2 Å². The van der Waals surface area contributed by atoms with Crippen LogP contribution in [0, 0.1) is 0 Å². The van der Waals surface area contributed by atoms with Gasteiger partial charge in [-0.3, -0.25) is 14.5 Å². The lowest BCUT2D eigenvalue weighted by atomic mass is 10.0. The van der Waals surface area contributed by atoms with Crippen molar-refractivity contribution in [1.29, 1.82) is 0 Å². The van der Waals surface area contributed by atoms with Crippen molar-refractivity contribution in [1.82, 2.24) is 20.0 Å². The van der Waals surface area contributed by atoms with Gasteiger partial charge in [0.1, 0.15) is 0 Å². The minimum Gasteiger partial charge on any atom is -0.368 e. The highest BCUT2D eigenvalue weighted by Crippen LogP contribution is 2.18. The third kappa shape index (κ3) is 7.49. The maximum atomic E-state index is 13.7. The Labute approximate surface area is 238 Å². The highest BCUT2D eigenvalue weighted by molar-refractivity contribution is 5.82. The van der Waals surface area contributed by atoms with Crippen molar-refractivity contribution < 1.29 is 9.59 Å². The molecule has 0 radical (unpaired) electrons. The second-order valence-electron chi connectivity index (χ2n) is 10.9. The Hall–Kier alpha value is -3.68. The third-order valence-electron chi connectivity index (χ3n) is 8.09. The summed E-state index contributed by atoms with van der Waals surface area (Å²) in [5, 5.41) is 3.59. The molecule has 0 saturated carbocycles. The average Bonchev–Trinajstić information content (AvgIpc) is 3.00. The van der Waals surface area contributed by atoms with Crippen molar-refractivity contribution in [2.45, 2.75) is 32.5 Å². The zero-order valence-electron chi connectivity index (χ0n) is 23.5. The number of nitrogens with one attached hydrogen (secondary N) is 1. The van der Waals surface area contributed by atoms with Crippen LogP contribution in [0.4, 0.5) is 5.69 Å². The molecular formula is C33H41N5O2. The quantitative estimate of drug-likeness (QED) is 0.452. The minimum absolute atomic E-state index is 0.148. The van der Waals surface area contributed by atoms with Gasteiger partial charge in [0.15, 0.2) is 0 Å². The highest BCUT2D eigenvalue weighted by atomic mass is 16.2. The van der Waals surface area contributed by atoms with Crippen LogP contribution in [0.2, 0.25) is 0 Å². The van der Waals surface area contributed by atoms with Crippen molar-refractivity contribution in [2.24, 2.45) is 0 Å². The van der Waals surface area contributed by atoms with Gasteiger partial charge in [-0.15, -0.1) is 0 Å². The summed E-state index contributed by atoms with van der Waals surface area (Å²) in [7, 11) is 0. The van der Waals surface area contributed by atoms with Crippen LogP contribution >= 0.6 is 0 Å². The van der Waals surface area contributed by atoms with Gasteiger partial charge in [-0.05, 0) is 35.2 Å². The zero-order valence-corrected chi connectivity index (χ0v) is 23.5. The lowest BCUT2D eigenvalue weighted by molar-refractivity contribution is -0.135. The maximum absolute atomic E-state index is 13.7. The van der Waals surface area contributed by atoms with Crippen LogP contribution in [0.25, 0.3) is 0 Å². The van der Waals surface area contributed by atoms with E-state index in [1.807, 2.05) is 34.1 Å². The fourth-order valence-electron chi connectivity index (χ4n) is 5.63. The molecule has 0 aliphatic carbocycles. The number of carbonyl (C=O) groups excluding carboxylic acids is 2. The van der Waals surface area contributed by atoms with E-state index in [0.717, 1.165) is 70.0 Å².